The normalized spacial score (nSPS) is 14.7. The van der Waals surface area contributed by atoms with Gasteiger partial charge in [-0.3, -0.25) is 14.6 Å². The third kappa shape index (κ3) is 9.19. The fourth-order valence-corrected chi connectivity index (χ4v) is 3.42. The minimum Gasteiger partial charge on any atom is -0.497 e. The van der Waals surface area contributed by atoms with Crippen LogP contribution >= 0.6 is 0 Å². The predicted octanol–water partition coefficient (Wildman–Crippen LogP) is 4.06. The Labute approximate surface area is 224 Å². The van der Waals surface area contributed by atoms with Crippen molar-refractivity contribution in [3.8, 4) is 24.3 Å². The maximum Gasteiger partial charge on any atom is 0.174 e. The van der Waals surface area contributed by atoms with Gasteiger partial charge in [0.15, 0.2) is 5.84 Å². The summed E-state index contributed by atoms with van der Waals surface area (Å²) in [5.74, 6) is 3.22. The van der Waals surface area contributed by atoms with Crippen LogP contribution < -0.4 is 9.47 Å². The van der Waals surface area contributed by atoms with Gasteiger partial charge in [0.05, 0.1) is 39.3 Å². The van der Waals surface area contributed by atoms with Crippen molar-refractivity contribution in [1.82, 2.24) is 24.6 Å². The van der Waals surface area contributed by atoms with Gasteiger partial charge in [0, 0.05) is 49.9 Å². The van der Waals surface area contributed by atoms with Gasteiger partial charge >= 0.3 is 0 Å². The van der Waals surface area contributed by atoms with E-state index in [1.165, 1.54) is 0 Å². The van der Waals surface area contributed by atoms with Crippen molar-refractivity contribution in [3.05, 3.63) is 71.7 Å². The minimum absolute atomic E-state index is 0.507. The van der Waals surface area contributed by atoms with Crippen molar-refractivity contribution >= 4 is 17.8 Å². The Bertz CT molecular complexity index is 1260. The van der Waals surface area contributed by atoms with Crippen molar-refractivity contribution in [1.29, 1.82) is 0 Å². The number of rotatable bonds is 7. The van der Waals surface area contributed by atoms with Gasteiger partial charge in [-0.1, -0.05) is 6.08 Å². The molecule has 0 spiro atoms. The van der Waals surface area contributed by atoms with Crippen molar-refractivity contribution < 1.29 is 9.47 Å². The average Bonchev–Trinajstić information content (AvgIpc) is 3.56. The number of aliphatic imine (C=N–C) groups is 3. The number of methoxy groups -OCH3 is 2. The summed E-state index contributed by atoms with van der Waals surface area (Å²) in [6.45, 7) is 5.15. The number of ether oxygens (including phenoxy) is 2. The van der Waals surface area contributed by atoms with E-state index in [0.29, 0.717) is 25.5 Å². The quantitative estimate of drug-likeness (QED) is 0.477. The number of aromatic nitrogens is 4. The molecule has 1 N–H and O–H groups in total. The molecule has 0 unspecified atom stereocenters. The lowest BCUT2D eigenvalue weighted by Gasteiger charge is -2.12. The average molecular weight is 517 g/mol. The van der Waals surface area contributed by atoms with Crippen LogP contribution in [0.3, 0.4) is 0 Å². The Morgan fingerprint density at radius 1 is 1.18 bits per heavy atom. The van der Waals surface area contributed by atoms with Crippen LogP contribution in [0, 0.1) is 19.8 Å². The summed E-state index contributed by atoms with van der Waals surface area (Å²) in [5.41, 5.74) is 3.83. The number of imidazole rings is 1. The van der Waals surface area contributed by atoms with E-state index in [0.717, 1.165) is 39.9 Å². The van der Waals surface area contributed by atoms with Crippen LogP contribution in [0.15, 0.2) is 69.7 Å². The lowest BCUT2D eigenvalue weighted by Crippen LogP contribution is -2.20. The number of hydrogen-bond donors (Lipinski definition) is 1. The number of nitrogens with zero attached hydrogens (tertiary/aromatic N) is 7. The Balaban J connectivity index is 0.000000327. The Hall–Kier alpha value is -4.49. The fraction of sp³-hybridized carbons (Fsp3) is 0.321. The molecule has 10 nitrogen and oxygen atoms in total. The molecule has 0 bridgehead atoms. The summed E-state index contributed by atoms with van der Waals surface area (Å²) in [7, 11) is 7.18. The third-order valence-corrected chi connectivity index (χ3v) is 5.23. The molecule has 3 heterocycles. The SMILES string of the molecule is C#C.C/C=C1/N=CCC(c2cnn(C)c2)=N/C1=N/CN(C)Cc1ncc[nH]1.COc1cc(C)cc(OC)c1. The van der Waals surface area contributed by atoms with Gasteiger partial charge in [-0.05, 0) is 38.6 Å². The molecule has 200 valence electrons. The highest BCUT2D eigenvalue weighted by molar-refractivity contribution is 6.17. The van der Waals surface area contributed by atoms with Gasteiger partial charge in [0.25, 0.3) is 0 Å². The number of nitrogens with one attached hydrogen (secondary N) is 1. The first kappa shape index (κ1) is 29.7. The highest BCUT2D eigenvalue weighted by Crippen LogP contribution is 2.21. The molecule has 4 rings (SSSR count). The molecule has 0 atom stereocenters. The van der Waals surface area contributed by atoms with Crippen LogP contribution in [-0.4, -0.2) is 70.3 Å². The first-order chi connectivity index (χ1) is 18.4. The van der Waals surface area contributed by atoms with Crippen molar-refractivity contribution in [2.24, 2.45) is 22.0 Å². The number of amidine groups is 1. The monoisotopic (exact) mass is 516 g/mol. The summed E-state index contributed by atoms with van der Waals surface area (Å²) >= 11 is 0. The number of aromatic amines is 1. The first-order valence-corrected chi connectivity index (χ1v) is 11.9. The zero-order valence-corrected chi connectivity index (χ0v) is 22.9. The summed E-state index contributed by atoms with van der Waals surface area (Å²) in [6.07, 6.45) is 19.8. The van der Waals surface area contributed by atoms with E-state index in [4.69, 9.17) is 14.5 Å². The molecular formula is C28H36N8O2. The summed E-state index contributed by atoms with van der Waals surface area (Å²) < 4.78 is 11.9. The summed E-state index contributed by atoms with van der Waals surface area (Å²) in [6, 6.07) is 5.78. The number of aryl methyl sites for hydroxylation is 2. The second-order valence-electron chi connectivity index (χ2n) is 8.21. The van der Waals surface area contributed by atoms with Crippen molar-refractivity contribution in [2.45, 2.75) is 26.8 Å². The zero-order valence-electron chi connectivity index (χ0n) is 22.9. The van der Waals surface area contributed by atoms with E-state index < -0.39 is 0 Å². The second-order valence-corrected chi connectivity index (χ2v) is 8.21. The topological polar surface area (TPSA) is 105 Å². The number of hydrogen-bond acceptors (Lipinski definition) is 7. The van der Waals surface area contributed by atoms with Crippen molar-refractivity contribution in [2.75, 3.05) is 27.9 Å². The van der Waals surface area contributed by atoms with Gasteiger partial charge < -0.3 is 14.5 Å². The van der Waals surface area contributed by atoms with Gasteiger partial charge in [-0.2, -0.15) is 5.10 Å². The van der Waals surface area contributed by atoms with E-state index in [1.807, 2.05) is 77.0 Å². The second kappa shape index (κ2) is 15.6. The number of benzene rings is 1. The van der Waals surface area contributed by atoms with Crippen LogP contribution in [0.5, 0.6) is 11.5 Å². The Morgan fingerprint density at radius 2 is 1.89 bits per heavy atom. The molecule has 0 amide bonds. The van der Waals surface area contributed by atoms with E-state index in [1.54, 1.807) is 25.1 Å². The smallest absolute Gasteiger partial charge is 0.174 e. The molecular weight excluding hydrogens is 480 g/mol. The molecule has 0 saturated heterocycles. The highest BCUT2D eigenvalue weighted by Gasteiger charge is 2.13. The lowest BCUT2D eigenvalue weighted by atomic mass is 10.2. The number of allylic oxidation sites excluding steroid dienone is 1. The molecule has 10 heteroatoms. The summed E-state index contributed by atoms with van der Waals surface area (Å²) in [5, 5.41) is 4.22. The molecule has 0 radical (unpaired) electrons. The molecule has 0 fully saturated rings. The molecule has 38 heavy (non-hydrogen) atoms. The van der Waals surface area contributed by atoms with E-state index in [2.05, 4.69) is 42.8 Å². The highest BCUT2D eigenvalue weighted by atomic mass is 16.5. The van der Waals surface area contributed by atoms with Crippen LogP contribution in [0.25, 0.3) is 0 Å². The molecule has 2 aromatic heterocycles. The van der Waals surface area contributed by atoms with Gasteiger partial charge in [-0.25, -0.2) is 15.0 Å². The number of H-pyrrole nitrogens is 1. The molecule has 1 aliphatic heterocycles. The molecule has 0 saturated carbocycles. The maximum atomic E-state index is 5.06. The Kier molecular flexibility index (Phi) is 12.2. The third-order valence-electron chi connectivity index (χ3n) is 5.23. The molecule has 1 aliphatic rings. The minimum atomic E-state index is 0.507. The van der Waals surface area contributed by atoms with Crippen molar-refractivity contribution in [3.63, 3.8) is 0 Å². The first-order valence-electron chi connectivity index (χ1n) is 11.9. The maximum absolute atomic E-state index is 5.06. The van der Waals surface area contributed by atoms with Crippen LogP contribution in [0.2, 0.25) is 0 Å². The van der Waals surface area contributed by atoms with Crippen LogP contribution in [-0.2, 0) is 13.6 Å². The largest absolute Gasteiger partial charge is 0.497 e. The van der Waals surface area contributed by atoms with Gasteiger partial charge in [0.1, 0.15) is 23.0 Å². The van der Waals surface area contributed by atoms with Gasteiger partial charge in [-0.15, -0.1) is 12.8 Å². The molecule has 0 aliphatic carbocycles. The summed E-state index contributed by atoms with van der Waals surface area (Å²) in [4.78, 5) is 23.3. The van der Waals surface area contributed by atoms with E-state index in [-0.39, 0.29) is 0 Å². The molecule has 3 aromatic rings. The fourth-order valence-electron chi connectivity index (χ4n) is 3.42. The van der Waals surface area contributed by atoms with Crippen LogP contribution in [0.1, 0.15) is 30.3 Å². The lowest BCUT2D eigenvalue weighted by molar-refractivity contribution is 0.331. The zero-order chi connectivity index (χ0) is 27.9. The van der Waals surface area contributed by atoms with Crippen LogP contribution in [0.4, 0.5) is 0 Å². The van der Waals surface area contributed by atoms with E-state index in [9.17, 15) is 0 Å². The van der Waals surface area contributed by atoms with Gasteiger partial charge in [0.2, 0.25) is 0 Å². The Morgan fingerprint density at radius 3 is 2.45 bits per heavy atom. The predicted molar refractivity (Wildman–Crippen MR) is 153 cm³/mol. The molecule has 1 aromatic carbocycles. The number of terminal acetylenes is 1. The van der Waals surface area contributed by atoms with E-state index >= 15 is 0 Å². The standard InChI is InChI=1S/C17H22N8.C9H12O2.C2H2/c1-4-14-17(21-12-24(2)11-16-19-7-8-20-16)23-15(5-6-18-14)13-9-22-25(3)10-13;1-7-4-8(10-2)6-9(5-7)11-3;1-2/h4,6-10H,5,11-12H2,1-3H3,(H,19,20);4-6H,1-3H3;1-2H/b14-4+,21-17+;;.